The first-order valence-corrected chi connectivity index (χ1v) is 10.1. The summed E-state index contributed by atoms with van der Waals surface area (Å²) in [6, 6.07) is 8.53. The second-order valence-electron chi connectivity index (χ2n) is 6.44. The Kier molecular flexibility index (Phi) is 9.17. The van der Waals surface area contributed by atoms with E-state index in [4.69, 9.17) is 0 Å². The number of benzene rings is 1. The number of carbonyl (C=O) groups is 1. The zero-order valence-corrected chi connectivity index (χ0v) is 19.1. The van der Waals surface area contributed by atoms with Gasteiger partial charge in [-0.3, -0.25) is 4.79 Å². The second-order valence-corrected chi connectivity index (χ2v) is 7.44. The maximum atomic E-state index is 13.3. The predicted molar refractivity (Wildman–Crippen MR) is 123 cm³/mol. The van der Waals surface area contributed by atoms with Crippen LogP contribution in [0.15, 0.2) is 40.7 Å². The summed E-state index contributed by atoms with van der Waals surface area (Å²) in [6.07, 6.45) is 1.37. The molecule has 5 nitrogen and oxygen atoms in total. The maximum Gasteiger partial charge on any atom is 0.224 e. The van der Waals surface area contributed by atoms with Crippen molar-refractivity contribution in [2.75, 3.05) is 19.6 Å². The molecule has 0 saturated carbocycles. The Bertz CT molecular complexity index is 811. The number of carbonyl (C=O) groups excluding carboxylic acids is 1. The molecular formula is C20H26FIN4OS. The van der Waals surface area contributed by atoms with E-state index in [-0.39, 0.29) is 35.7 Å². The van der Waals surface area contributed by atoms with E-state index in [0.29, 0.717) is 32.0 Å². The van der Waals surface area contributed by atoms with Gasteiger partial charge in [0, 0.05) is 37.5 Å². The number of amides is 1. The molecule has 0 spiro atoms. The van der Waals surface area contributed by atoms with Crippen molar-refractivity contribution in [1.82, 2.24) is 15.5 Å². The van der Waals surface area contributed by atoms with E-state index in [1.165, 1.54) is 22.6 Å². The number of nitrogens with zero attached hydrogens (tertiary/aromatic N) is 2. The summed E-state index contributed by atoms with van der Waals surface area (Å²) < 4.78 is 13.3. The summed E-state index contributed by atoms with van der Waals surface area (Å²) in [4.78, 5) is 20.3. The Labute approximate surface area is 186 Å². The van der Waals surface area contributed by atoms with E-state index in [1.807, 2.05) is 17.9 Å². The fraction of sp³-hybridized carbons (Fsp3) is 0.400. The van der Waals surface area contributed by atoms with Crippen molar-refractivity contribution in [3.63, 3.8) is 0 Å². The van der Waals surface area contributed by atoms with Crippen LogP contribution in [0.5, 0.6) is 0 Å². The number of guanidine groups is 1. The van der Waals surface area contributed by atoms with Gasteiger partial charge >= 0.3 is 0 Å². The highest BCUT2D eigenvalue weighted by Crippen LogP contribution is 2.24. The lowest BCUT2D eigenvalue weighted by atomic mass is 10.1. The van der Waals surface area contributed by atoms with Crippen LogP contribution >= 0.6 is 35.3 Å². The summed E-state index contributed by atoms with van der Waals surface area (Å²) in [6.45, 7) is 5.10. The minimum atomic E-state index is -0.262. The number of thiophene rings is 1. The smallest absolute Gasteiger partial charge is 0.224 e. The molecule has 0 atom stereocenters. The highest BCUT2D eigenvalue weighted by molar-refractivity contribution is 14.0. The van der Waals surface area contributed by atoms with Crippen molar-refractivity contribution < 1.29 is 9.18 Å². The van der Waals surface area contributed by atoms with E-state index in [1.54, 1.807) is 17.4 Å². The Hall–Kier alpha value is -1.68. The van der Waals surface area contributed by atoms with Crippen molar-refractivity contribution in [2.24, 2.45) is 4.99 Å². The molecular weight excluding hydrogens is 490 g/mol. The van der Waals surface area contributed by atoms with Crippen molar-refractivity contribution >= 4 is 47.2 Å². The molecule has 1 aromatic carbocycles. The number of fused-ring (bicyclic) bond motifs is 1. The van der Waals surface area contributed by atoms with Gasteiger partial charge in [0.05, 0.1) is 6.54 Å². The number of nitrogens with one attached hydrogen (secondary N) is 2. The number of halogens is 2. The SMILES string of the molecule is CCNC(=NCc1cccc(F)c1)NCCC(=O)N1CCc2sccc2C1.I. The molecule has 1 aromatic heterocycles. The van der Waals surface area contributed by atoms with Gasteiger partial charge in [0.15, 0.2) is 5.96 Å². The normalized spacial score (nSPS) is 13.5. The van der Waals surface area contributed by atoms with E-state index in [2.05, 4.69) is 27.1 Å². The van der Waals surface area contributed by atoms with Crippen molar-refractivity contribution in [3.8, 4) is 0 Å². The zero-order chi connectivity index (χ0) is 19.1. The largest absolute Gasteiger partial charge is 0.357 e. The van der Waals surface area contributed by atoms with Crippen LogP contribution in [0.25, 0.3) is 0 Å². The Morgan fingerprint density at radius 2 is 2.18 bits per heavy atom. The summed E-state index contributed by atoms with van der Waals surface area (Å²) in [5, 5.41) is 8.44. The van der Waals surface area contributed by atoms with Crippen LogP contribution in [0.1, 0.15) is 29.3 Å². The topological polar surface area (TPSA) is 56.7 Å². The monoisotopic (exact) mass is 516 g/mol. The van der Waals surface area contributed by atoms with Crippen LogP contribution in [-0.4, -0.2) is 36.4 Å². The fourth-order valence-corrected chi connectivity index (χ4v) is 3.94. The lowest BCUT2D eigenvalue weighted by Crippen LogP contribution is -2.41. The molecule has 8 heteroatoms. The molecule has 1 amide bonds. The van der Waals surface area contributed by atoms with Gasteiger partial charge in [-0.15, -0.1) is 35.3 Å². The van der Waals surface area contributed by atoms with Gasteiger partial charge in [0.2, 0.25) is 5.91 Å². The molecule has 152 valence electrons. The number of hydrogen-bond acceptors (Lipinski definition) is 3. The van der Waals surface area contributed by atoms with E-state index < -0.39 is 0 Å². The van der Waals surface area contributed by atoms with Crippen LogP contribution in [0.3, 0.4) is 0 Å². The Morgan fingerprint density at radius 1 is 1.32 bits per heavy atom. The van der Waals surface area contributed by atoms with Gasteiger partial charge < -0.3 is 15.5 Å². The molecule has 1 aliphatic rings. The molecule has 0 saturated heterocycles. The van der Waals surface area contributed by atoms with Gasteiger partial charge in [-0.05, 0) is 48.1 Å². The lowest BCUT2D eigenvalue weighted by Gasteiger charge is -2.27. The Morgan fingerprint density at radius 3 is 2.96 bits per heavy atom. The molecule has 2 N–H and O–H groups in total. The molecule has 0 aliphatic carbocycles. The molecule has 0 bridgehead atoms. The fourth-order valence-electron chi connectivity index (χ4n) is 3.05. The number of rotatable bonds is 6. The van der Waals surface area contributed by atoms with E-state index in [9.17, 15) is 9.18 Å². The first-order chi connectivity index (χ1) is 13.2. The van der Waals surface area contributed by atoms with Crippen LogP contribution in [0, 0.1) is 5.82 Å². The van der Waals surface area contributed by atoms with Crippen LogP contribution < -0.4 is 10.6 Å². The maximum absolute atomic E-state index is 13.3. The van der Waals surface area contributed by atoms with Gasteiger partial charge in [-0.2, -0.15) is 0 Å². The number of aliphatic imine (C=N–C) groups is 1. The van der Waals surface area contributed by atoms with Gasteiger partial charge in [-0.25, -0.2) is 9.38 Å². The van der Waals surface area contributed by atoms with Crippen molar-refractivity contribution in [3.05, 3.63) is 57.5 Å². The molecule has 0 radical (unpaired) electrons. The molecule has 0 fully saturated rings. The van der Waals surface area contributed by atoms with Crippen LogP contribution in [0.2, 0.25) is 0 Å². The third kappa shape index (κ3) is 6.44. The average molecular weight is 516 g/mol. The second kappa shape index (κ2) is 11.4. The van der Waals surface area contributed by atoms with Crippen molar-refractivity contribution in [2.45, 2.75) is 32.9 Å². The van der Waals surface area contributed by atoms with Gasteiger partial charge in [-0.1, -0.05) is 12.1 Å². The predicted octanol–water partition coefficient (Wildman–Crippen LogP) is 3.54. The molecule has 0 unspecified atom stereocenters. The first-order valence-electron chi connectivity index (χ1n) is 9.25. The highest BCUT2D eigenvalue weighted by atomic mass is 127. The van der Waals surface area contributed by atoms with E-state index in [0.717, 1.165) is 25.1 Å². The summed E-state index contributed by atoms with van der Waals surface area (Å²) in [7, 11) is 0. The Balaban J connectivity index is 0.00000280. The van der Waals surface area contributed by atoms with Gasteiger partial charge in [0.1, 0.15) is 5.82 Å². The average Bonchev–Trinajstić information content (AvgIpc) is 3.14. The minimum absolute atomic E-state index is 0. The summed E-state index contributed by atoms with van der Waals surface area (Å²) in [5.41, 5.74) is 2.08. The van der Waals surface area contributed by atoms with Crippen LogP contribution in [0.4, 0.5) is 4.39 Å². The first kappa shape index (κ1) is 22.6. The van der Waals surface area contributed by atoms with Crippen molar-refractivity contribution in [1.29, 1.82) is 0 Å². The lowest BCUT2D eigenvalue weighted by molar-refractivity contribution is -0.131. The minimum Gasteiger partial charge on any atom is -0.357 e. The molecule has 1 aliphatic heterocycles. The summed E-state index contributed by atoms with van der Waals surface area (Å²) in [5.74, 6) is 0.523. The third-order valence-electron chi connectivity index (χ3n) is 4.44. The molecule has 3 rings (SSSR count). The molecule has 2 aromatic rings. The van der Waals surface area contributed by atoms with Gasteiger partial charge in [0.25, 0.3) is 0 Å². The molecule has 28 heavy (non-hydrogen) atoms. The third-order valence-corrected chi connectivity index (χ3v) is 5.47. The van der Waals surface area contributed by atoms with E-state index >= 15 is 0 Å². The standard InChI is InChI=1S/C20H25FN4OS.HI/c1-2-22-20(24-13-15-4-3-5-17(21)12-15)23-9-6-19(26)25-10-7-18-16(14-25)8-11-27-18;/h3-5,8,11-12H,2,6-7,9-10,13-14H2,1H3,(H2,22,23,24);1H. The van der Waals surface area contributed by atoms with Crippen LogP contribution in [-0.2, 0) is 24.3 Å². The molecule has 2 heterocycles. The quantitative estimate of drug-likeness (QED) is 0.351. The highest BCUT2D eigenvalue weighted by Gasteiger charge is 2.20. The zero-order valence-electron chi connectivity index (χ0n) is 15.9. The number of hydrogen-bond donors (Lipinski definition) is 2. The summed E-state index contributed by atoms with van der Waals surface area (Å²) >= 11 is 1.77.